The van der Waals surface area contributed by atoms with E-state index in [0.29, 0.717) is 10.6 Å². The summed E-state index contributed by atoms with van der Waals surface area (Å²) in [4.78, 5) is 11.8. The van der Waals surface area contributed by atoms with E-state index in [1.807, 2.05) is 0 Å². The predicted octanol–water partition coefficient (Wildman–Crippen LogP) is 4.62. The van der Waals surface area contributed by atoms with E-state index in [0.717, 1.165) is 12.1 Å². The van der Waals surface area contributed by atoms with Crippen LogP contribution >= 0.6 is 11.6 Å². The van der Waals surface area contributed by atoms with Crippen LogP contribution in [0.2, 0.25) is 5.02 Å². The number of alkyl halides is 3. The molecule has 2 aromatic rings. The molecule has 21 heavy (non-hydrogen) atoms. The van der Waals surface area contributed by atoms with Crippen LogP contribution in [0, 0.1) is 0 Å². The molecule has 0 N–H and O–H groups in total. The molecule has 0 saturated carbocycles. The lowest BCUT2D eigenvalue weighted by molar-refractivity contribution is -0.137. The maximum absolute atomic E-state index is 12.4. The number of hydrogen-bond acceptors (Lipinski definition) is 2. The largest absolute Gasteiger partial charge is 0.485 e. The minimum Gasteiger partial charge on any atom is -0.485 e. The number of hydrogen-bond donors (Lipinski definition) is 0. The lowest BCUT2D eigenvalue weighted by atomic mass is 10.1. The molecule has 0 aliphatic rings. The van der Waals surface area contributed by atoms with Crippen molar-refractivity contribution in [3.8, 4) is 5.75 Å². The van der Waals surface area contributed by atoms with Gasteiger partial charge in [0.2, 0.25) is 0 Å². The van der Waals surface area contributed by atoms with Gasteiger partial charge >= 0.3 is 6.18 Å². The van der Waals surface area contributed by atoms with Gasteiger partial charge in [0.25, 0.3) is 0 Å². The fourth-order valence-corrected chi connectivity index (χ4v) is 1.73. The van der Waals surface area contributed by atoms with Crippen molar-refractivity contribution in [2.24, 2.45) is 0 Å². The van der Waals surface area contributed by atoms with Crippen LogP contribution in [0.15, 0.2) is 48.5 Å². The summed E-state index contributed by atoms with van der Waals surface area (Å²) < 4.78 is 42.3. The zero-order chi connectivity index (χ0) is 15.5. The smallest absolute Gasteiger partial charge is 0.416 e. The highest BCUT2D eigenvalue weighted by molar-refractivity contribution is 6.30. The Morgan fingerprint density at radius 3 is 2.10 bits per heavy atom. The number of benzene rings is 2. The second kappa shape index (κ2) is 6.18. The minimum absolute atomic E-state index is 0.199. The number of ether oxygens (including phenoxy) is 1. The summed E-state index contributed by atoms with van der Waals surface area (Å²) in [6.07, 6.45) is -4.39. The summed E-state index contributed by atoms with van der Waals surface area (Å²) in [5.41, 5.74) is -0.342. The van der Waals surface area contributed by atoms with Crippen molar-refractivity contribution in [2.45, 2.75) is 6.18 Å². The molecule has 6 heteroatoms. The molecule has 110 valence electrons. The molecule has 0 bridgehead atoms. The molecule has 0 spiro atoms. The monoisotopic (exact) mass is 314 g/mol. The molecule has 0 amide bonds. The molecule has 0 radical (unpaired) electrons. The van der Waals surface area contributed by atoms with Gasteiger partial charge in [0.1, 0.15) is 5.75 Å². The molecule has 2 nitrogen and oxygen atoms in total. The van der Waals surface area contributed by atoms with Crippen LogP contribution in [0.4, 0.5) is 13.2 Å². The SMILES string of the molecule is O=C(COc1ccc(C(F)(F)F)cc1)c1ccc(Cl)cc1. The highest BCUT2D eigenvalue weighted by Gasteiger charge is 2.30. The van der Waals surface area contributed by atoms with Crippen molar-refractivity contribution in [3.05, 3.63) is 64.7 Å². The van der Waals surface area contributed by atoms with Gasteiger partial charge in [-0.3, -0.25) is 4.79 Å². The van der Waals surface area contributed by atoms with E-state index in [1.54, 1.807) is 24.3 Å². The van der Waals surface area contributed by atoms with Gasteiger partial charge in [-0.2, -0.15) is 13.2 Å². The fourth-order valence-electron chi connectivity index (χ4n) is 1.61. The van der Waals surface area contributed by atoms with Crippen LogP contribution in [0.3, 0.4) is 0 Å². The summed E-state index contributed by atoms with van der Waals surface area (Å²) in [6.45, 7) is -0.257. The first-order valence-corrected chi connectivity index (χ1v) is 6.33. The Bertz CT molecular complexity index is 619. The number of ketones is 1. The van der Waals surface area contributed by atoms with Crippen molar-refractivity contribution < 1.29 is 22.7 Å². The normalized spacial score (nSPS) is 11.2. The first-order chi connectivity index (χ1) is 9.86. The molecule has 0 aromatic heterocycles. The summed E-state index contributed by atoms with van der Waals surface area (Å²) in [6, 6.07) is 10.4. The van der Waals surface area contributed by atoms with Crippen LogP contribution in [0.1, 0.15) is 15.9 Å². The lowest BCUT2D eigenvalue weighted by Gasteiger charge is -2.09. The maximum Gasteiger partial charge on any atom is 0.416 e. The summed E-state index contributed by atoms with van der Waals surface area (Å²) in [5, 5.41) is 0.509. The zero-order valence-electron chi connectivity index (χ0n) is 10.7. The third-order valence-electron chi connectivity index (χ3n) is 2.72. The van der Waals surface area contributed by atoms with Gasteiger partial charge in [0.05, 0.1) is 5.56 Å². The molecule has 0 atom stereocenters. The number of carbonyl (C=O) groups is 1. The first-order valence-electron chi connectivity index (χ1n) is 5.95. The first kappa shape index (κ1) is 15.4. The van der Waals surface area contributed by atoms with Gasteiger partial charge in [-0.25, -0.2) is 0 Å². The summed E-state index contributed by atoms with van der Waals surface area (Å²) in [7, 11) is 0. The van der Waals surface area contributed by atoms with E-state index in [-0.39, 0.29) is 18.1 Å². The number of Topliss-reactive ketones (excluding diaryl/α,β-unsaturated/α-hetero) is 1. The average molecular weight is 315 g/mol. The number of rotatable bonds is 4. The minimum atomic E-state index is -4.39. The Kier molecular flexibility index (Phi) is 4.53. The van der Waals surface area contributed by atoms with Gasteiger partial charge in [0, 0.05) is 10.6 Å². The van der Waals surface area contributed by atoms with Gasteiger partial charge in [-0.1, -0.05) is 11.6 Å². The maximum atomic E-state index is 12.4. The van der Waals surface area contributed by atoms with E-state index >= 15 is 0 Å². The van der Waals surface area contributed by atoms with Crippen molar-refractivity contribution in [1.29, 1.82) is 0 Å². The van der Waals surface area contributed by atoms with Gasteiger partial charge < -0.3 is 4.74 Å². The van der Waals surface area contributed by atoms with E-state index in [1.165, 1.54) is 12.1 Å². The van der Waals surface area contributed by atoms with Gasteiger partial charge in [0.15, 0.2) is 12.4 Å². The van der Waals surface area contributed by atoms with E-state index < -0.39 is 11.7 Å². The molecule has 0 fully saturated rings. The third-order valence-corrected chi connectivity index (χ3v) is 2.97. The Balaban J connectivity index is 1.97. The van der Waals surface area contributed by atoms with E-state index in [4.69, 9.17) is 16.3 Å². The molecule has 0 heterocycles. The third kappa shape index (κ3) is 4.23. The molecule has 0 aliphatic carbocycles. The Morgan fingerprint density at radius 2 is 1.57 bits per heavy atom. The van der Waals surface area contributed by atoms with E-state index in [9.17, 15) is 18.0 Å². The Labute approximate surface area is 124 Å². The van der Waals surface area contributed by atoms with Crippen molar-refractivity contribution in [1.82, 2.24) is 0 Å². The Hall–Kier alpha value is -2.01. The van der Waals surface area contributed by atoms with E-state index in [2.05, 4.69) is 0 Å². The van der Waals surface area contributed by atoms with Gasteiger partial charge in [-0.05, 0) is 48.5 Å². The average Bonchev–Trinajstić information content (AvgIpc) is 2.45. The van der Waals surface area contributed by atoms with Crippen molar-refractivity contribution >= 4 is 17.4 Å². The molecular formula is C15H10ClF3O2. The van der Waals surface area contributed by atoms with Crippen LogP contribution in [0.25, 0.3) is 0 Å². The van der Waals surface area contributed by atoms with Crippen molar-refractivity contribution in [3.63, 3.8) is 0 Å². The molecule has 2 rings (SSSR count). The summed E-state index contributed by atoms with van der Waals surface area (Å²) in [5.74, 6) is -0.0862. The standard InChI is InChI=1S/C15H10ClF3O2/c16-12-5-1-10(2-6-12)14(20)9-21-13-7-3-11(4-8-13)15(17,18)19/h1-8H,9H2. The van der Waals surface area contributed by atoms with Crippen LogP contribution in [-0.4, -0.2) is 12.4 Å². The predicted molar refractivity (Wildman–Crippen MR) is 72.7 cm³/mol. The van der Waals surface area contributed by atoms with Crippen LogP contribution in [0.5, 0.6) is 5.75 Å². The van der Waals surface area contributed by atoms with Crippen LogP contribution < -0.4 is 4.74 Å². The molecule has 0 unspecified atom stereocenters. The second-order valence-electron chi connectivity index (χ2n) is 4.24. The topological polar surface area (TPSA) is 26.3 Å². The Morgan fingerprint density at radius 1 is 1.00 bits per heavy atom. The number of halogens is 4. The highest BCUT2D eigenvalue weighted by Crippen LogP contribution is 2.30. The highest BCUT2D eigenvalue weighted by atomic mass is 35.5. The fraction of sp³-hybridized carbons (Fsp3) is 0.133. The molecular weight excluding hydrogens is 305 g/mol. The lowest BCUT2D eigenvalue weighted by Crippen LogP contribution is -2.11. The molecule has 0 saturated heterocycles. The quantitative estimate of drug-likeness (QED) is 0.770. The van der Waals surface area contributed by atoms with Gasteiger partial charge in [-0.15, -0.1) is 0 Å². The van der Waals surface area contributed by atoms with Crippen LogP contribution in [-0.2, 0) is 6.18 Å². The van der Waals surface area contributed by atoms with Crippen molar-refractivity contribution in [2.75, 3.05) is 6.61 Å². The second-order valence-corrected chi connectivity index (χ2v) is 4.68. The number of carbonyl (C=O) groups excluding carboxylic acids is 1. The molecule has 2 aromatic carbocycles. The molecule has 0 aliphatic heterocycles. The zero-order valence-corrected chi connectivity index (χ0v) is 11.4. The summed E-state index contributed by atoms with van der Waals surface area (Å²) >= 11 is 5.71.